The number of amides is 2. The number of halogens is 2. The zero-order valence-corrected chi connectivity index (χ0v) is 18.3. The molecule has 140 valence electrons. The highest BCUT2D eigenvalue weighted by molar-refractivity contribution is 9.10. The monoisotopic (exact) mass is 476 g/mol. The quantitative estimate of drug-likeness (QED) is 0.476. The molecule has 3 rings (SSSR count). The highest BCUT2D eigenvalue weighted by Gasteiger charge is 2.42. The smallest absolute Gasteiger partial charge is 0.247 e. The van der Waals surface area contributed by atoms with Crippen LogP contribution in [0.1, 0.15) is 20.3 Å². The van der Waals surface area contributed by atoms with Crippen molar-refractivity contribution < 1.29 is 14.3 Å². The Balaban J connectivity index is 1.71. The van der Waals surface area contributed by atoms with Crippen LogP contribution in [-0.4, -0.2) is 51.6 Å². The molecule has 0 radical (unpaired) electrons. The van der Waals surface area contributed by atoms with Crippen molar-refractivity contribution in [3.8, 4) is 0 Å². The number of anilines is 1. The van der Waals surface area contributed by atoms with Crippen molar-refractivity contribution in [2.24, 2.45) is 0 Å². The lowest BCUT2D eigenvalue weighted by molar-refractivity contribution is -0.121. The fourth-order valence-electron chi connectivity index (χ4n) is 3.14. The van der Waals surface area contributed by atoms with E-state index >= 15 is 0 Å². The minimum Gasteiger partial charge on any atom is -0.372 e. The van der Waals surface area contributed by atoms with Crippen LogP contribution in [0.15, 0.2) is 22.7 Å². The van der Waals surface area contributed by atoms with Crippen molar-refractivity contribution in [1.29, 1.82) is 0 Å². The molecule has 5 nitrogen and oxygen atoms in total. The third-order valence-corrected chi connectivity index (χ3v) is 6.63. The van der Waals surface area contributed by atoms with Gasteiger partial charge in [-0.2, -0.15) is 0 Å². The lowest BCUT2D eigenvalue weighted by atomic mass is 10.2. The van der Waals surface area contributed by atoms with E-state index in [-0.39, 0.29) is 30.4 Å². The van der Waals surface area contributed by atoms with Crippen LogP contribution in [0.5, 0.6) is 0 Å². The minimum absolute atomic E-state index is 0.0799. The van der Waals surface area contributed by atoms with Crippen molar-refractivity contribution in [2.45, 2.75) is 37.7 Å². The van der Waals surface area contributed by atoms with Crippen LogP contribution in [0.3, 0.4) is 0 Å². The third-order valence-electron chi connectivity index (χ3n) is 4.18. The number of rotatable bonds is 2. The molecule has 2 saturated heterocycles. The first-order valence-electron chi connectivity index (χ1n) is 8.19. The number of carbonyl (C=O) groups is 2. The average Bonchev–Trinajstić information content (AvgIpc) is 2.81. The van der Waals surface area contributed by atoms with Gasteiger partial charge in [-0.05, 0) is 32.0 Å². The normalized spacial score (nSPS) is 26.5. The van der Waals surface area contributed by atoms with Gasteiger partial charge in [-0.1, -0.05) is 51.5 Å². The van der Waals surface area contributed by atoms with E-state index in [4.69, 9.17) is 28.6 Å². The summed E-state index contributed by atoms with van der Waals surface area (Å²) in [4.78, 5) is 28.5. The molecular weight excluding hydrogens is 460 g/mol. The standard InChI is InChI=1S/C17H18BrClN2O3S2/c1-9-7-20(8-10(2)24-9)17(25)26-14-6-15(22)21(16(14)23)13-4-3-11(18)5-12(13)19/h3-5,9-10,14H,6-8H2,1-2H3/t9-,10-,14+/m1/s1. The Bertz CT molecular complexity index is 754. The van der Waals surface area contributed by atoms with E-state index in [2.05, 4.69) is 15.9 Å². The zero-order valence-electron chi connectivity index (χ0n) is 14.3. The van der Waals surface area contributed by atoms with Crippen LogP contribution in [-0.2, 0) is 14.3 Å². The van der Waals surface area contributed by atoms with Crippen LogP contribution in [0.4, 0.5) is 5.69 Å². The van der Waals surface area contributed by atoms with E-state index in [1.807, 2.05) is 18.7 Å². The van der Waals surface area contributed by atoms with Crippen molar-refractivity contribution in [1.82, 2.24) is 4.90 Å². The summed E-state index contributed by atoms with van der Waals surface area (Å²) < 4.78 is 7.13. The Morgan fingerprint density at radius 3 is 2.58 bits per heavy atom. The summed E-state index contributed by atoms with van der Waals surface area (Å²) in [6.07, 6.45) is 0.276. The topological polar surface area (TPSA) is 49.9 Å². The van der Waals surface area contributed by atoms with Crippen LogP contribution < -0.4 is 4.90 Å². The second-order valence-corrected chi connectivity index (χ2v) is 9.56. The molecule has 0 spiro atoms. The van der Waals surface area contributed by atoms with Gasteiger partial charge >= 0.3 is 0 Å². The van der Waals surface area contributed by atoms with E-state index < -0.39 is 5.25 Å². The number of nitrogens with zero attached hydrogens (tertiary/aromatic N) is 2. The van der Waals surface area contributed by atoms with E-state index in [0.717, 1.165) is 4.47 Å². The number of thioether (sulfide) groups is 1. The molecule has 26 heavy (non-hydrogen) atoms. The number of hydrogen-bond donors (Lipinski definition) is 0. The number of thiocarbonyl (C=S) groups is 1. The third kappa shape index (κ3) is 4.25. The lowest BCUT2D eigenvalue weighted by Crippen LogP contribution is -2.47. The van der Waals surface area contributed by atoms with Crippen molar-refractivity contribution in [2.75, 3.05) is 18.0 Å². The molecule has 1 aromatic rings. The molecule has 0 aliphatic carbocycles. The molecule has 0 N–H and O–H groups in total. The van der Waals surface area contributed by atoms with Gasteiger partial charge in [0.05, 0.1) is 22.9 Å². The van der Waals surface area contributed by atoms with Gasteiger partial charge in [-0.25, -0.2) is 4.90 Å². The highest BCUT2D eigenvalue weighted by Crippen LogP contribution is 2.36. The highest BCUT2D eigenvalue weighted by atomic mass is 79.9. The Kier molecular flexibility index (Phi) is 6.29. The molecule has 1 aromatic carbocycles. The number of morpholine rings is 1. The van der Waals surface area contributed by atoms with E-state index in [1.54, 1.807) is 18.2 Å². The molecule has 2 aliphatic rings. The molecule has 0 aromatic heterocycles. The summed E-state index contributed by atoms with van der Waals surface area (Å²) >= 11 is 16.3. The molecule has 2 heterocycles. The Morgan fingerprint density at radius 2 is 1.96 bits per heavy atom. The first-order chi connectivity index (χ1) is 12.3. The second kappa shape index (κ2) is 8.14. The first kappa shape index (κ1) is 20.1. The number of benzene rings is 1. The summed E-state index contributed by atoms with van der Waals surface area (Å²) in [7, 11) is 0. The van der Waals surface area contributed by atoms with Crippen LogP contribution >= 0.6 is 51.5 Å². The summed E-state index contributed by atoms with van der Waals surface area (Å²) in [5, 5.41) is -0.173. The lowest BCUT2D eigenvalue weighted by Gasteiger charge is -2.36. The second-order valence-electron chi connectivity index (χ2n) is 6.40. The van der Waals surface area contributed by atoms with Gasteiger partial charge in [0.1, 0.15) is 9.57 Å². The maximum absolute atomic E-state index is 12.8. The SMILES string of the molecule is C[C@@H]1CN(C(=S)S[C@H]2CC(=O)N(c3ccc(Br)cc3Cl)C2=O)C[C@@H](C)O1. The summed E-state index contributed by atoms with van der Waals surface area (Å²) in [5.41, 5.74) is 0.410. The average molecular weight is 478 g/mol. The van der Waals surface area contributed by atoms with Crippen LogP contribution in [0.25, 0.3) is 0 Å². The predicted octanol–water partition coefficient (Wildman–Crippen LogP) is 3.86. The van der Waals surface area contributed by atoms with E-state index in [0.29, 0.717) is 28.1 Å². The van der Waals surface area contributed by atoms with E-state index in [9.17, 15) is 9.59 Å². The van der Waals surface area contributed by atoms with Crippen molar-refractivity contribution in [3.05, 3.63) is 27.7 Å². The van der Waals surface area contributed by atoms with Gasteiger partial charge in [0.25, 0.3) is 0 Å². The summed E-state index contributed by atoms with van der Waals surface area (Å²) in [5.74, 6) is -0.538. The van der Waals surface area contributed by atoms with Crippen molar-refractivity contribution in [3.63, 3.8) is 0 Å². The van der Waals surface area contributed by atoms with Gasteiger partial charge in [-0.3, -0.25) is 9.59 Å². The number of ether oxygens (including phenoxy) is 1. The molecule has 2 amide bonds. The Morgan fingerprint density at radius 1 is 1.31 bits per heavy atom. The van der Waals surface area contributed by atoms with Gasteiger partial charge in [0.15, 0.2) is 0 Å². The Labute approximate surface area is 175 Å². The van der Waals surface area contributed by atoms with E-state index in [1.165, 1.54) is 16.7 Å². The summed E-state index contributed by atoms with van der Waals surface area (Å²) in [6.45, 7) is 5.37. The molecule has 3 atom stereocenters. The summed E-state index contributed by atoms with van der Waals surface area (Å²) in [6, 6.07) is 5.08. The van der Waals surface area contributed by atoms with Gasteiger partial charge in [0, 0.05) is 24.0 Å². The maximum atomic E-state index is 12.8. The molecule has 9 heteroatoms. The van der Waals surface area contributed by atoms with Crippen molar-refractivity contribution >= 4 is 73.3 Å². The largest absolute Gasteiger partial charge is 0.372 e. The first-order valence-corrected chi connectivity index (χ1v) is 10.6. The number of hydrogen-bond acceptors (Lipinski definition) is 5. The van der Waals surface area contributed by atoms with Crippen LogP contribution in [0.2, 0.25) is 5.02 Å². The maximum Gasteiger partial charge on any atom is 0.247 e. The number of imide groups is 1. The molecule has 2 fully saturated rings. The number of carbonyl (C=O) groups excluding carboxylic acids is 2. The van der Waals surface area contributed by atoms with Crippen LogP contribution in [0, 0.1) is 0 Å². The molecule has 0 unspecified atom stereocenters. The zero-order chi connectivity index (χ0) is 19.0. The predicted molar refractivity (Wildman–Crippen MR) is 112 cm³/mol. The molecule has 2 aliphatic heterocycles. The fourth-order valence-corrected chi connectivity index (χ4v) is 5.36. The fraction of sp³-hybridized carbons (Fsp3) is 0.471. The molecular formula is C17H18BrClN2O3S2. The van der Waals surface area contributed by atoms with Gasteiger partial charge in [-0.15, -0.1) is 0 Å². The molecule has 0 bridgehead atoms. The van der Waals surface area contributed by atoms with Gasteiger partial charge < -0.3 is 9.64 Å². The minimum atomic E-state index is -0.525. The molecule has 0 saturated carbocycles. The van der Waals surface area contributed by atoms with Gasteiger partial charge in [0.2, 0.25) is 11.8 Å². The Hall–Kier alpha value is -0.670.